The fourth-order valence-electron chi connectivity index (χ4n) is 2.80. The molecule has 2 heteroatoms. The third-order valence-corrected chi connectivity index (χ3v) is 4.55. The van der Waals surface area contributed by atoms with Gasteiger partial charge in [0.1, 0.15) is 0 Å². The van der Waals surface area contributed by atoms with Gasteiger partial charge in [0, 0.05) is 16.9 Å². The monoisotopic (exact) mass is 345 g/mol. The maximum atomic E-state index is 3.59. The number of halogens is 1. The lowest BCUT2D eigenvalue weighted by Gasteiger charge is -2.21. The third-order valence-electron chi connectivity index (χ3n) is 4.06. The van der Waals surface area contributed by atoms with Gasteiger partial charge in [-0.2, -0.15) is 0 Å². The molecule has 0 aliphatic rings. The number of likely N-dealkylation sites (N-methyl/N-ethyl adjacent to an activating group) is 1. The summed E-state index contributed by atoms with van der Waals surface area (Å²) in [6, 6.07) is 15.3. The topological polar surface area (TPSA) is 12.0 Å². The summed E-state index contributed by atoms with van der Waals surface area (Å²) >= 11 is 3.59. The second-order valence-electron chi connectivity index (χ2n) is 5.63. The van der Waals surface area contributed by atoms with Gasteiger partial charge in [0.2, 0.25) is 0 Å². The highest BCUT2D eigenvalue weighted by Gasteiger charge is 2.15. The number of nitrogens with one attached hydrogen (secondary N) is 1. The van der Waals surface area contributed by atoms with E-state index in [4.69, 9.17) is 0 Å². The summed E-state index contributed by atoms with van der Waals surface area (Å²) < 4.78 is 1.16. The number of hydrogen-bond acceptors (Lipinski definition) is 1. The molecule has 0 heterocycles. The van der Waals surface area contributed by atoms with Gasteiger partial charge in [0.25, 0.3) is 0 Å². The van der Waals surface area contributed by atoms with Crippen LogP contribution in [0.3, 0.4) is 0 Å². The number of benzene rings is 2. The molecule has 2 rings (SSSR count). The Hall–Kier alpha value is -1.12. The molecule has 0 saturated carbocycles. The van der Waals surface area contributed by atoms with Gasteiger partial charge in [-0.25, -0.2) is 0 Å². The Morgan fingerprint density at radius 3 is 2.33 bits per heavy atom. The molecular weight excluding hydrogens is 322 g/mol. The molecule has 1 unspecified atom stereocenters. The highest BCUT2D eigenvalue weighted by atomic mass is 79.9. The maximum absolute atomic E-state index is 3.59. The van der Waals surface area contributed by atoms with E-state index < -0.39 is 0 Å². The van der Waals surface area contributed by atoms with E-state index in [0.717, 1.165) is 24.0 Å². The van der Waals surface area contributed by atoms with Crippen LogP contribution in [-0.2, 0) is 6.42 Å². The normalized spacial score (nSPS) is 12.4. The van der Waals surface area contributed by atoms with Gasteiger partial charge >= 0.3 is 0 Å². The van der Waals surface area contributed by atoms with E-state index >= 15 is 0 Å². The summed E-state index contributed by atoms with van der Waals surface area (Å²) in [6.07, 6.45) is 1.09. The molecule has 0 aliphatic heterocycles. The molecule has 0 fully saturated rings. The van der Waals surface area contributed by atoms with E-state index in [-0.39, 0.29) is 0 Å². The molecule has 21 heavy (non-hydrogen) atoms. The van der Waals surface area contributed by atoms with E-state index in [1.807, 2.05) is 0 Å². The minimum Gasteiger partial charge on any atom is -0.316 e. The molecule has 0 saturated heterocycles. The van der Waals surface area contributed by atoms with E-state index in [2.05, 4.69) is 84.5 Å². The van der Waals surface area contributed by atoms with E-state index in [9.17, 15) is 0 Å². The Labute approximate surface area is 136 Å². The average Bonchev–Trinajstić information content (AvgIpc) is 2.46. The molecule has 1 N–H and O–H groups in total. The van der Waals surface area contributed by atoms with E-state index in [1.54, 1.807) is 0 Å². The second-order valence-corrected chi connectivity index (χ2v) is 6.55. The first-order valence-corrected chi connectivity index (χ1v) is 8.42. The molecule has 1 nitrogen and oxygen atoms in total. The van der Waals surface area contributed by atoms with Crippen LogP contribution in [0.5, 0.6) is 0 Å². The van der Waals surface area contributed by atoms with Gasteiger partial charge in [0.15, 0.2) is 0 Å². The molecule has 0 spiro atoms. The Morgan fingerprint density at radius 1 is 1.05 bits per heavy atom. The van der Waals surface area contributed by atoms with Crippen molar-refractivity contribution in [2.45, 2.75) is 33.1 Å². The quantitative estimate of drug-likeness (QED) is 0.776. The first-order valence-electron chi connectivity index (χ1n) is 7.63. The van der Waals surface area contributed by atoms with Crippen molar-refractivity contribution in [3.8, 4) is 0 Å². The molecule has 0 radical (unpaired) electrons. The Bertz CT molecular complexity index is 572. The lowest BCUT2D eigenvalue weighted by Crippen LogP contribution is -2.23. The van der Waals surface area contributed by atoms with Crippen LogP contribution in [0, 0.1) is 13.8 Å². The van der Waals surface area contributed by atoms with Crippen LogP contribution in [-0.4, -0.2) is 13.1 Å². The summed E-state index contributed by atoms with van der Waals surface area (Å²) in [4.78, 5) is 0. The van der Waals surface area contributed by atoms with Crippen LogP contribution in [0.4, 0.5) is 0 Å². The summed E-state index contributed by atoms with van der Waals surface area (Å²) in [5.74, 6) is 0.502. The molecule has 1 atom stereocenters. The average molecular weight is 346 g/mol. The lowest BCUT2D eigenvalue weighted by molar-refractivity contribution is 0.592. The molecular formula is C19H24BrN. The van der Waals surface area contributed by atoms with Crippen molar-refractivity contribution >= 4 is 15.9 Å². The van der Waals surface area contributed by atoms with Crippen LogP contribution >= 0.6 is 15.9 Å². The Kier molecular flexibility index (Phi) is 6.01. The first-order chi connectivity index (χ1) is 10.1. The van der Waals surface area contributed by atoms with Crippen molar-refractivity contribution in [3.63, 3.8) is 0 Å². The molecule has 0 aromatic heterocycles. The van der Waals surface area contributed by atoms with Gasteiger partial charge in [-0.3, -0.25) is 0 Å². The molecule has 0 amide bonds. The maximum Gasteiger partial charge on any atom is 0.0178 e. The van der Waals surface area contributed by atoms with Crippen molar-refractivity contribution in [2.24, 2.45) is 0 Å². The standard InChI is InChI=1S/C19H24BrN/c1-4-21-13-17(16-9-6-10-18(20)11-16)12-19-14(2)7-5-8-15(19)3/h5-11,17,21H,4,12-13H2,1-3H3. The Morgan fingerprint density at radius 2 is 1.71 bits per heavy atom. The van der Waals surface area contributed by atoms with Crippen LogP contribution in [0.25, 0.3) is 0 Å². The van der Waals surface area contributed by atoms with Crippen molar-refractivity contribution in [2.75, 3.05) is 13.1 Å². The fraction of sp³-hybridized carbons (Fsp3) is 0.368. The highest BCUT2D eigenvalue weighted by molar-refractivity contribution is 9.10. The summed E-state index contributed by atoms with van der Waals surface area (Å²) in [7, 11) is 0. The third kappa shape index (κ3) is 4.42. The molecule has 0 bridgehead atoms. The highest BCUT2D eigenvalue weighted by Crippen LogP contribution is 2.26. The first kappa shape index (κ1) is 16.3. The van der Waals surface area contributed by atoms with Gasteiger partial charge < -0.3 is 5.32 Å². The smallest absolute Gasteiger partial charge is 0.0178 e. The summed E-state index contributed by atoms with van der Waals surface area (Å²) in [6.45, 7) is 8.62. The lowest BCUT2D eigenvalue weighted by atomic mass is 9.88. The number of hydrogen-bond donors (Lipinski definition) is 1. The van der Waals surface area contributed by atoms with Crippen molar-refractivity contribution in [1.29, 1.82) is 0 Å². The summed E-state index contributed by atoms with van der Waals surface area (Å²) in [5, 5.41) is 3.51. The van der Waals surface area contributed by atoms with Crippen LogP contribution in [0.1, 0.15) is 35.1 Å². The van der Waals surface area contributed by atoms with Gasteiger partial charge in [0.05, 0.1) is 0 Å². The molecule has 112 valence electrons. The van der Waals surface area contributed by atoms with Crippen molar-refractivity contribution in [1.82, 2.24) is 5.32 Å². The largest absolute Gasteiger partial charge is 0.316 e. The van der Waals surface area contributed by atoms with Crippen molar-refractivity contribution < 1.29 is 0 Å². The molecule has 2 aromatic carbocycles. The Balaban J connectivity index is 2.28. The second kappa shape index (κ2) is 7.77. The summed E-state index contributed by atoms with van der Waals surface area (Å²) in [5.41, 5.74) is 5.67. The molecule has 0 aliphatic carbocycles. The van der Waals surface area contributed by atoms with Crippen LogP contribution in [0.15, 0.2) is 46.9 Å². The SMILES string of the molecule is CCNCC(Cc1c(C)cccc1C)c1cccc(Br)c1. The zero-order chi connectivity index (χ0) is 15.2. The number of aryl methyl sites for hydroxylation is 2. The van der Waals surface area contributed by atoms with Crippen LogP contribution in [0.2, 0.25) is 0 Å². The molecule has 2 aromatic rings. The van der Waals surface area contributed by atoms with E-state index in [1.165, 1.54) is 22.3 Å². The van der Waals surface area contributed by atoms with Gasteiger partial charge in [-0.1, -0.05) is 53.2 Å². The predicted octanol–water partition coefficient (Wildman–Crippen LogP) is 5.00. The number of rotatable bonds is 6. The van der Waals surface area contributed by atoms with Crippen molar-refractivity contribution in [3.05, 3.63) is 69.2 Å². The zero-order valence-corrected chi connectivity index (χ0v) is 14.7. The zero-order valence-electron chi connectivity index (χ0n) is 13.1. The van der Waals surface area contributed by atoms with Gasteiger partial charge in [-0.15, -0.1) is 0 Å². The minimum atomic E-state index is 0.502. The van der Waals surface area contributed by atoms with Gasteiger partial charge in [-0.05, 0) is 61.2 Å². The minimum absolute atomic E-state index is 0.502. The fourth-order valence-corrected chi connectivity index (χ4v) is 3.22. The predicted molar refractivity (Wildman–Crippen MR) is 95.0 cm³/mol. The van der Waals surface area contributed by atoms with Crippen LogP contribution < -0.4 is 5.32 Å². The van der Waals surface area contributed by atoms with E-state index in [0.29, 0.717) is 5.92 Å².